The Morgan fingerprint density at radius 3 is 3.06 bits per heavy atom. The highest BCUT2D eigenvalue weighted by molar-refractivity contribution is 5.19. The normalized spacial score (nSPS) is 23.1. The lowest BCUT2D eigenvalue weighted by molar-refractivity contribution is 0.142. The number of rotatable bonds is 3. The van der Waals surface area contributed by atoms with Crippen molar-refractivity contribution in [2.24, 2.45) is 0 Å². The Balaban J connectivity index is 1.93. The van der Waals surface area contributed by atoms with Gasteiger partial charge in [-0.3, -0.25) is 0 Å². The van der Waals surface area contributed by atoms with Gasteiger partial charge in [-0.15, -0.1) is 0 Å². The van der Waals surface area contributed by atoms with Crippen LogP contribution in [0.3, 0.4) is 0 Å². The van der Waals surface area contributed by atoms with E-state index in [2.05, 4.69) is 12.2 Å². The van der Waals surface area contributed by atoms with Gasteiger partial charge in [-0.25, -0.2) is 4.39 Å². The first kappa shape index (κ1) is 12.5. The zero-order valence-corrected chi connectivity index (χ0v) is 10.3. The van der Waals surface area contributed by atoms with Gasteiger partial charge in [0.05, 0.1) is 0 Å². The molecule has 0 saturated carbocycles. The van der Waals surface area contributed by atoms with E-state index >= 15 is 0 Å². The minimum Gasteiger partial charge on any atom is -0.381 e. The molecule has 0 spiro atoms. The van der Waals surface area contributed by atoms with Gasteiger partial charge in [-0.1, -0.05) is 12.1 Å². The highest BCUT2D eigenvalue weighted by Crippen LogP contribution is 2.17. The lowest BCUT2D eigenvalue weighted by atomic mass is 10.0. The number of hydrogen-bond donors (Lipinski definition) is 1. The van der Waals surface area contributed by atoms with Crippen LogP contribution in [0.5, 0.6) is 0 Å². The zero-order valence-electron chi connectivity index (χ0n) is 10.3. The molecule has 1 unspecified atom stereocenters. The third-order valence-corrected chi connectivity index (χ3v) is 3.29. The lowest BCUT2D eigenvalue weighted by Gasteiger charge is -2.22. The van der Waals surface area contributed by atoms with Crippen molar-refractivity contribution in [1.29, 1.82) is 0 Å². The molecule has 0 aromatic heterocycles. The molecule has 2 atom stereocenters. The molecule has 0 aliphatic carbocycles. The predicted octanol–water partition coefficient (Wildman–Crippen LogP) is 3.05. The summed E-state index contributed by atoms with van der Waals surface area (Å²) in [7, 11) is 0. The Kier molecular flexibility index (Phi) is 4.51. The molecule has 1 heterocycles. The monoisotopic (exact) mass is 237 g/mol. The first-order chi connectivity index (χ1) is 8.25. The van der Waals surface area contributed by atoms with Crippen LogP contribution in [0.25, 0.3) is 0 Å². The molecule has 1 aromatic rings. The van der Waals surface area contributed by atoms with Gasteiger partial charge in [-0.05, 0) is 43.9 Å². The van der Waals surface area contributed by atoms with Crippen molar-refractivity contribution in [1.82, 2.24) is 5.32 Å². The standard InChI is InChI=1S/C14H20FNO/c1-11(12-4-2-5-13(15)10-12)16-14-6-3-8-17-9-7-14/h2,4-5,10-11,14,16H,3,6-9H2,1H3/t11-,14?/m0/s1. The van der Waals surface area contributed by atoms with Gasteiger partial charge in [0, 0.05) is 25.3 Å². The average Bonchev–Trinajstić information content (AvgIpc) is 2.57. The van der Waals surface area contributed by atoms with Crippen molar-refractivity contribution in [3.8, 4) is 0 Å². The number of nitrogens with one attached hydrogen (secondary N) is 1. The molecule has 3 heteroatoms. The molecule has 0 radical (unpaired) electrons. The minimum absolute atomic E-state index is 0.166. The van der Waals surface area contributed by atoms with Crippen molar-refractivity contribution < 1.29 is 9.13 Å². The summed E-state index contributed by atoms with van der Waals surface area (Å²) in [5.74, 6) is -0.166. The van der Waals surface area contributed by atoms with Crippen LogP contribution in [-0.2, 0) is 4.74 Å². The Hall–Kier alpha value is -0.930. The zero-order chi connectivity index (χ0) is 12.1. The van der Waals surface area contributed by atoms with Crippen LogP contribution in [0, 0.1) is 5.82 Å². The highest BCUT2D eigenvalue weighted by atomic mass is 19.1. The number of hydrogen-bond acceptors (Lipinski definition) is 2. The summed E-state index contributed by atoms with van der Waals surface area (Å²) in [4.78, 5) is 0. The fourth-order valence-electron chi connectivity index (χ4n) is 2.30. The van der Waals surface area contributed by atoms with Gasteiger partial charge in [0.1, 0.15) is 5.82 Å². The third kappa shape index (κ3) is 3.79. The van der Waals surface area contributed by atoms with Crippen LogP contribution >= 0.6 is 0 Å². The largest absolute Gasteiger partial charge is 0.381 e. The first-order valence-corrected chi connectivity index (χ1v) is 6.35. The molecule has 17 heavy (non-hydrogen) atoms. The number of benzene rings is 1. The Labute approximate surface area is 102 Å². The van der Waals surface area contributed by atoms with Gasteiger partial charge >= 0.3 is 0 Å². The topological polar surface area (TPSA) is 21.3 Å². The first-order valence-electron chi connectivity index (χ1n) is 6.35. The van der Waals surface area contributed by atoms with E-state index in [9.17, 15) is 4.39 Å². The van der Waals surface area contributed by atoms with Crippen LogP contribution in [0.4, 0.5) is 4.39 Å². The van der Waals surface area contributed by atoms with E-state index in [0.29, 0.717) is 6.04 Å². The molecular formula is C14H20FNO. The second kappa shape index (κ2) is 6.12. The van der Waals surface area contributed by atoms with E-state index in [4.69, 9.17) is 4.74 Å². The second-order valence-electron chi connectivity index (χ2n) is 4.68. The van der Waals surface area contributed by atoms with E-state index in [1.807, 2.05) is 6.07 Å². The van der Waals surface area contributed by atoms with Crippen LogP contribution < -0.4 is 5.32 Å². The number of ether oxygens (including phenoxy) is 1. The molecule has 94 valence electrons. The highest BCUT2D eigenvalue weighted by Gasteiger charge is 2.15. The van der Waals surface area contributed by atoms with Crippen LogP contribution in [0.1, 0.15) is 37.8 Å². The van der Waals surface area contributed by atoms with Crippen LogP contribution in [-0.4, -0.2) is 19.3 Å². The maximum absolute atomic E-state index is 13.1. The molecule has 1 aliphatic heterocycles. The van der Waals surface area contributed by atoms with Crippen molar-refractivity contribution >= 4 is 0 Å². The van der Waals surface area contributed by atoms with Crippen molar-refractivity contribution in [3.63, 3.8) is 0 Å². The van der Waals surface area contributed by atoms with Crippen LogP contribution in [0.15, 0.2) is 24.3 Å². The van der Waals surface area contributed by atoms with Crippen molar-refractivity contribution in [2.75, 3.05) is 13.2 Å². The lowest BCUT2D eigenvalue weighted by Crippen LogP contribution is -2.31. The summed E-state index contributed by atoms with van der Waals surface area (Å²) in [6.45, 7) is 3.78. The van der Waals surface area contributed by atoms with E-state index in [-0.39, 0.29) is 11.9 Å². The van der Waals surface area contributed by atoms with E-state index < -0.39 is 0 Å². The van der Waals surface area contributed by atoms with Crippen LogP contribution in [0.2, 0.25) is 0 Å². The molecule has 1 aromatic carbocycles. The number of halogens is 1. The summed E-state index contributed by atoms with van der Waals surface area (Å²) in [5, 5.41) is 3.56. The molecule has 1 saturated heterocycles. The molecule has 1 fully saturated rings. The van der Waals surface area contributed by atoms with E-state index in [1.54, 1.807) is 12.1 Å². The maximum Gasteiger partial charge on any atom is 0.123 e. The Morgan fingerprint density at radius 1 is 1.35 bits per heavy atom. The summed E-state index contributed by atoms with van der Waals surface area (Å²) in [6, 6.07) is 7.48. The Bertz CT molecular complexity index is 348. The fraction of sp³-hybridized carbons (Fsp3) is 0.571. The predicted molar refractivity (Wildman–Crippen MR) is 66.4 cm³/mol. The third-order valence-electron chi connectivity index (χ3n) is 3.29. The Morgan fingerprint density at radius 2 is 2.24 bits per heavy atom. The van der Waals surface area contributed by atoms with Gasteiger partial charge in [0.2, 0.25) is 0 Å². The molecule has 1 N–H and O–H groups in total. The molecule has 2 rings (SSSR count). The van der Waals surface area contributed by atoms with Gasteiger partial charge in [-0.2, -0.15) is 0 Å². The van der Waals surface area contributed by atoms with Crippen molar-refractivity contribution in [2.45, 2.75) is 38.3 Å². The SMILES string of the molecule is C[C@H](NC1CCCOCC1)c1cccc(F)c1. The quantitative estimate of drug-likeness (QED) is 0.872. The van der Waals surface area contributed by atoms with Gasteiger partial charge < -0.3 is 10.1 Å². The van der Waals surface area contributed by atoms with Gasteiger partial charge in [0.25, 0.3) is 0 Å². The fourth-order valence-corrected chi connectivity index (χ4v) is 2.30. The van der Waals surface area contributed by atoms with E-state index in [0.717, 1.165) is 38.0 Å². The minimum atomic E-state index is -0.166. The summed E-state index contributed by atoms with van der Waals surface area (Å²) in [5.41, 5.74) is 1.01. The molecule has 2 nitrogen and oxygen atoms in total. The average molecular weight is 237 g/mol. The summed E-state index contributed by atoms with van der Waals surface area (Å²) >= 11 is 0. The van der Waals surface area contributed by atoms with Gasteiger partial charge in [0.15, 0.2) is 0 Å². The molecular weight excluding hydrogens is 217 g/mol. The maximum atomic E-state index is 13.1. The second-order valence-corrected chi connectivity index (χ2v) is 4.68. The smallest absolute Gasteiger partial charge is 0.123 e. The van der Waals surface area contributed by atoms with Crippen molar-refractivity contribution in [3.05, 3.63) is 35.6 Å². The molecule has 1 aliphatic rings. The summed E-state index contributed by atoms with van der Waals surface area (Å²) < 4.78 is 18.6. The molecule has 0 bridgehead atoms. The summed E-state index contributed by atoms with van der Waals surface area (Å²) in [6.07, 6.45) is 3.28. The molecule has 0 amide bonds. The van der Waals surface area contributed by atoms with E-state index in [1.165, 1.54) is 6.07 Å².